The summed E-state index contributed by atoms with van der Waals surface area (Å²) >= 11 is 0. The van der Waals surface area contributed by atoms with Gasteiger partial charge in [0.25, 0.3) is 8.32 Å². The van der Waals surface area contributed by atoms with Gasteiger partial charge in [-0.15, -0.1) is 0 Å². The summed E-state index contributed by atoms with van der Waals surface area (Å²) in [7, 11) is -7.46. The van der Waals surface area contributed by atoms with E-state index in [0.717, 1.165) is 10.4 Å². The van der Waals surface area contributed by atoms with Gasteiger partial charge in [0.15, 0.2) is 0 Å². The monoisotopic (exact) mass is 294 g/mol. The van der Waals surface area contributed by atoms with Crippen molar-refractivity contribution < 1.29 is 18.6 Å². The summed E-state index contributed by atoms with van der Waals surface area (Å²) in [5, 5.41) is 1.65. The van der Waals surface area contributed by atoms with Gasteiger partial charge in [-0.25, -0.2) is 4.57 Å². The molecule has 0 fully saturated rings. The fourth-order valence-electron chi connectivity index (χ4n) is 2.02. The molecule has 6 heteroatoms. The van der Waals surface area contributed by atoms with E-state index in [1.807, 2.05) is 60.7 Å². The van der Waals surface area contributed by atoms with Gasteiger partial charge < -0.3 is 14.0 Å². The smallest absolute Gasteiger partial charge is 0.320 e. The lowest BCUT2D eigenvalue weighted by Gasteiger charge is -2.28. The number of benzene rings is 2. The third-order valence-corrected chi connectivity index (χ3v) is 8.23. The number of hydrogen-bond acceptors (Lipinski definition) is 2. The molecular weight excluding hydrogens is 279 g/mol. The summed E-state index contributed by atoms with van der Waals surface area (Å²) < 4.78 is 16.5. The lowest BCUT2D eigenvalue weighted by molar-refractivity contribution is 0.283. The SMILES string of the molecule is C[Si](OP(=O)(O)O)(c1ccccc1)c1ccccc1. The molecule has 0 heterocycles. The summed E-state index contributed by atoms with van der Waals surface area (Å²) in [6.45, 7) is 1.79. The molecule has 100 valence electrons. The Morgan fingerprint density at radius 1 is 0.895 bits per heavy atom. The number of rotatable bonds is 4. The zero-order valence-electron chi connectivity index (χ0n) is 10.4. The molecule has 0 atom stereocenters. The standard InChI is InChI=1S/C13H15O4PSi/c1-19(17-18(14,15)16,12-8-4-2-5-9-12)13-10-6-3-7-11-13/h2-11H,1H3,(H2,14,15,16). The van der Waals surface area contributed by atoms with Crippen LogP contribution in [0.4, 0.5) is 0 Å². The van der Waals surface area contributed by atoms with Gasteiger partial charge in [0.2, 0.25) is 0 Å². The third-order valence-electron chi connectivity index (χ3n) is 2.95. The van der Waals surface area contributed by atoms with Gasteiger partial charge in [0, 0.05) is 0 Å². The van der Waals surface area contributed by atoms with Crippen molar-refractivity contribution in [2.45, 2.75) is 6.55 Å². The Kier molecular flexibility index (Phi) is 4.04. The molecule has 2 rings (SSSR count). The van der Waals surface area contributed by atoms with Crippen LogP contribution in [0.2, 0.25) is 6.55 Å². The van der Waals surface area contributed by atoms with E-state index >= 15 is 0 Å². The van der Waals surface area contributed by atoms with Gasteiger partial charge in [-0.2, -0.15) is 0 Å². The zero-order chi connectivity index (χ0) is 13.9. The molecule has 0 aromatic heterocycles. The first kappa shape index (κ1) is 14.2. The molecule has 0 aliphatic rings. The molecule has 0 spiro atoms. The molecule has 2 aromatic carbocycles. The molecule has 0 saturated heterocycles. The molecule has 0 amide bonds. The first-order valence-corrected chi connectivity index (χ1v) is 9.73. The van der Waals surface area contributed by atoms with Gasteiger partial charge in [0.1, 0.15) is 0 Å². The Bertz CT molecular complexity index is 543. The van der Waals surface area contributed by atoms with Gasteiger partial charge in [-0.1, -0.05) is 60.7 Å². The summed E-state index contributed by atoms with van der Waals surface area (Å²) in [6, 6.07) is 18.5. The summed E-state index contributed by atoms with van der Waals surface area (Å²) in [5.41, 5.74) is 0. The predicted octanol–water partition coefficient (Wildman–Crippen LogP) is 1.49. The van der Waals surface area contributed by atoms with E-state index in [9.17, 15) is 14.4 Å². The summed E-state index contributed by atoms with van der Waals surface area (Å²) in [4.78, 5) is 18.4. The summed E-state index contributed by atoms with van der Waals surface area (Å²) in [6.07, 6.45) is 0. The van der Waals surface area contributed by atoms with Crippen molar-refractivity contribution in [2.75, 3.05) is 0 Å². The van der Waals surface area contributed by atoms with E-state index in [4.69, 9.17) is 4.21 Å². The van der Waals surface area contributed by atoms with E-state index in [-0.39, 0.29) is 0 Å². The maximum atomic E-state index is 11.3. The molecule has 0 aliphatic carbocycles. The molecular formula is C13H15O4PSi. The maximum absolute atomic E-state index is 11.3. The van der Waals surface area contributed by atoms with Gasteiger partial charge in [-0.3, -0.25) is 0 Å². The molecule has 4 nitrogen and oxygen atoms in total. The van der Waals surface area contributed by atoms with Crippen molar-refractivity contribution >= 4 is 26.5 Å². The number of hydrogen-bond donors (Lipinski definition) is 2. The highest BCUT2D eigenvalue weighted by Gasteiger charge is 2.40. The Morgan fingerprint density at radius 2 is 1.26 bits per heavy atom. The van der Waals surface area contributed by atoms with Crippen molar-refractivity contribution in [3.63, 3.8) is 0 Å². The van der Waals surface area contributed by atoms with E-state index in [1.54, 1.807) is 6.55 Å². The first-order valence-electron chi connectivity index (χ1n) is 5.79. The van der Waals surface area contributed by atoms with E-state index in [0.29, 0.717) is 0 Å². The first-order chi connectivity index (χ1) is 8.92. The molecule has 0 radical (unpaired) electrons. The van der Waals surface area contributed by atoms with Gasteiger partial charge >= 0.3 is 7.82 Å². The van der Waals surface area contributed by atoms with E-state index in [2.05, 4.69) is 0 Å². The average Bonchev–Trinajstić information content (AvgIpc) is 2.39. The van der Waals surface area contributed by atoms with Crippen LogP contribution in [-0.2, 0) is 8.78 Å². The Labute approximate surface area is 113 Å². The highest BCUT2D eigenvalue weighted by atomic mass is 31.2. The van der Waals surface area contributed by atoms with E-state index < -0.39 is 16.1 Å². The molecule has 0 aliphatic heterocycles. The van der Waals surface area contributed by atoms with Crippen LogP contribution < -0.4 is 10.4 Å². The van der Waals surface area contributed by atoms with Crippen LogP contribution in [-0.4, -0.2) is 18.1 Å². The molecule has 0 saturated carbocycles. The van der Waals surface area contributed by atoms with Crippen molar-refractivity contribution in [2.24, 2.45) is 0 Å². The van der Waals surface area contributed by atoms with Crippen LogP contribution >= 0.6 is 7.82 Å². The highest BCUT2D eigenvalue weighted by molar-refractivity contribution is 7.49. The lowest BCUT2D eigenvalue weighted by Crippen LogP contribution is -2.57. The topological polar surface area (TPSA) is 66.8 Å². The van der Waals surface area contributed by atoms with Crippen LogP contribution in [0.25, 0.3) is 0 Å². The molecule has 0 unspecified atom stereocenters. The van der Waals surface area contributed by atoms with Crippen LogP contribution in [0, 0.1) is 0 Å². The average molecular weight is 294 g/mol. The van der Waals surface area contributed by atoms with Crippen LogP contribution in [0.1, 0.15) is 0 Å². The van der Waals surface area contributed by atoms with Crippen molar-refractivity contribution in [3.05, 3.63) is 60.7 Å². The molecule has 2 N–H and O–H groups in total. The minimum Gasteiger partial charge on any atom is -0.320 e. The second-order valence-electron chi connectivity index (χ2n) is 4.35. The lowest BCUT2D eigenvalue weighted by atomic mass is 10.4. The maximum Gasteiger partial charge on any atom is 0.460 e. The minimum atomic E-state index is -4.56. The largest absolute Gasteiger partial charge is 0.460 e. The van der Waals surface area contributed by atoms with Gasteiger partial charge in [-0.05, 0) is 16.9 Å². The fraction of sp³-hybridized carbons (Fsp3) is 0.0769. The van der Waals surface area contributed by atoms with Crippen LogP contribution in [0.15, 0.2) is 60.7 Å². The van der Waals surface area contributed by atoms with Crippen molar-refractivity contribution in [1.82, 2.24) is 0 Å². The Balaban J connectivity index is 2.54. The third kappa shape index (κ3) is 3.41. The fourth-order valence-corrected chi connectivity index (χ4v) is 6.76. The van der Waals surface area contributed by atoms with Crippen LogP contribution in [0.3, 0.4) is 0 Å². The minimum absolute atomic E-state index is 0.824. The molecule has 0 bridgehead atoms. The zero-order valence-corrected chi connectivity index (χ0v) is 12.3. The molecule has 2 aromatic rings. The van der Waals surface area contributed by atoms with Crippen LogP contribution in [0.5, 0.6) is 0 Å². The predicted molar refractivity (Wildman–Crippen MR) is 76.9 cm³/mol. The Hall–Kier alpha value is -1.23. The quantitative estimate of drug-likeness (QED) is 0.662. The molecule has 19 heavy (non-hydrogen) atoms. The second-order valence-corrected chi connectivity index (χ2v) is 9.28. The van der Waals surface area contributed by atoms with Crippen molar-refractivity contribution in [3.8, 4) is 0 Å². The van der Waals surface area contributed by atoms with E-state index in [1.165, 1.54) is 0 Å². The summed E-state index contributed by atoms with van der Waals surface area (Å²) in [5.74, 6) is 0. The number of phosphoric acid groups is 1. The highest BCUT2D eigenvalue weighted by Crippen LogP contribution is 2.39. The van der Waals surface area contributed by atoms with Crippen molar-refractivity contribution in [1.29, 1.82) is 0 Å². The Morgan fingerprint density at radius 3 is 1.58 bits per heavy atom. The van der Waals surface area contributed by atoms with Gasteiger partial charge in [0.05, 0.1) is 0 Å². The second kappa shape index (κ2) is 5.41. The normalized spacial score (nSPS) is 12.4.